The van der Waals surface area contributed by atoms with Crippen LogP contribution >= 0.6 is 0 Å². The van der Waals surface area contributed by atoms with E-state index in [2.05, 4.69) is 20.5 Å². The number of rotatable bonds is 6. The van der Waals surface area contributed by atoms with Crippen molar-refractivity contribution in [3.05, 3.63) is 48.5 Å². The Kier molecular flexibility index (Phi) is 4.70. The van der Waals surface area contributed by atoms with Crippen LogP contribution in [0.2, 0.25) is 0 Å². The smallest absolute Gasteiger partial charge is 0.315 e. The number of carbonyl (C=O) groups excluding carboxylic acids is 1. The summed E-state index contributed by atoms with van der Waals surface area (Å²) in [4.78, 5) is 18.8. The minimum absolute atomic E-state index is 0.0923. The zero-order chi connectivity index (χ0) is 17.1. The number of nitrogens with zero attached hydrogens (tertiary/aromatic N) is 3. The van der Waals surface area contributed by atoms with Crippen LogP contribution in [0, 0.1) is 5.92 Å². The fraction of sp³-hybridized carbons (Fsp3) is 0.474. The molecule has 0 radical (unpaired) electrons. The van der Waals surface area contributed by atoms with Crippen molar-refractivity contribution in [1.29, 1.82) is 0 Å². The van der Waals surface area contributed by atoms with Gasteiger partial charge < -0.3 is 20.1 Å². The van der Waals surface area contributed by atoms with Gasteiger partial charge in [0, 0.05) is 38.1 Å². The van der Waals surface area contributed by atoms with E-state index in [9.17, 15) is 4.79 Å². The summed E-state index contributed by atoms with van der Waals surface area (Å²) in [5.74, 6) is 0.588. The van der Waals surface area contributed by atoms with E-state index in [-0.39, 0.29) is 6.03 Å². The molecule has 2 aliphatic rings. The van der Waals surface area contributed by atoms with E-state index in [1.165, 1.54) is 25.8 Å². The van der Waals surface area contributed by atoms with Crippen LogP contribution < -0.4 is 10.6 Å². The Morgan fingerprint density at radius 3 is 2.88 bits per heavy atom. The summed E-state index contributed by atoms with van der Waals surface area (Å²) in [6.45, 7) is 3.59. The predicted molar refractivity (Wildman–Crippen MR) is 96.5 cm³/mol. The Labute approximate surface area is 148 Å². The van der Waals surface area contributed by atoms with Crippen LogP contribution in [0.5, 0.6) is 0 Å². The molecule has 1 aliphatic carbocycles. The van der Waals surface area contributed by atoms with Gasteiger partial charge in [-0.3, -0.25) is 0 Å². The molecular formula is C19H25N5O. The van der Waals surface area contributed by atoms with E-state index in [1.807, 2.05) is 35.0 Å². The van der Waals surface area contributed by atoms with Gasteiger partial charge >= 0.3 is 6.03 Å². The Morgan fingerprint density at radius 1 is 1.20 bits per heavy atom. The third kappa shape index (κ3) is 4.02. The maximum Gasteiger partial charge on any atom is 0.315 e. The second-order valence-corrected chi connectivity index (χ2v) is 7.04. The Hall–Kier alpha value is -2.34. The first-order valence-corrected chi connectivity index (χ1v) is 9.11. The SMILES string of the molecule is O=C(NCc1ccccc1-n1ccnc1)NC[C@@H]1CCN(C2CC2)C1. The molecule has 2 aromatic rings. The van der Waals surface area contributed by atoms with Gasteiger partial charge in [0.1, 0.15) is 0 Å². The lowest BCUT2D eigenvalue weighted by Gasteiger charge is -2.16. The molecule has 0 bridgehead atoms. The first kappa shape index (κ1) is 16.1. The summed E-state index contributed by atoms with van der Waals surface area (Å²) < 4.78 is 1.96. The van der Waals surface area contributed by atoms with Crippen molar-refractivity contribution in [3.8, 4) is 5.69 Å². The van der Waals surface area contributed by atoms with E-state index < -0.39 is 0 Å². The normalized spacial score (nSPS) is 20.6. The quantitative estimate of drug-likeness (QED) is 0.848. The molecular weight excluding hydrogens is 314 g/mol. The highest BCUT2D eigenvalue weighted by Crippen LogP contribution is 2.31. The highest BCUT2D eigenvalue weighted by atomic mass is 16.2. The van der Waals surface area contributed by atoms with Crippen molar-refractivity contribution in [2.24, 2.45) is 5.92 Å². The molecule has 0 spiro atoms. The van der Waals surface area contributed by atoms with Gasteiger partial charge in [-0.2, -0.15) is 0 Å². The molecule has 1 saturated carbocycles. The van der Waals surface area contributed by atoms with E-state index in [0.29, 0.717) is 12.5 Å². The second kappa shape index (κ2) is 7.27. The maximum atomic E-state index is 12.1. The van der Waals surface area contributed by atoms with Crippen molar-refractivity contribution in [3.63, 3.8) is 0 Å². The number of hydrogen-bond acceptors (Lipinski definition) is 3. The Balaban J connectivity index is 1.25. The average Bonchev–Trinajstić information content (AvgIpc) is 3.15. The standard InChI is InChI=1S/C19H25N5O/c25-19(21-11-15-7-9-23(13-15)17-5-6-17)22-12-16-3-1-2-4-18(16)24-10-8-20-14-24/h1-4,8,10,14-15,17H,5-7,9,11-13H2,(H2,21,22,25)/t15-/m0/s1. The number of amides is 2. The molecule has 6 nitrogen and oxygen atoms in total. The van der Waals surface area contributed by atoms with Crippen molar-refractivity contribution < 1.29 is 4.79 Å². The van der Waals surface area contributed by atoms with Crippen LogP contribution in [-0.4, -0.2) is 46.2 Å². The summed E-state index contributed by atoms with van der Waals surface area (Å²) in [7, 11) is 0. The molecule has 0 unspecified atom stereocenters. The van der Waals surface area contributed by atoms with E-state index in [1.54, 1.807) is 12.5 Å². The number of imidazole rings is 1. The molecule has 2 heterocycles. The van der Waals surface area contributed by atoms with Crippen molar-refractivity contribution >= 4 is 6.03 Å². The number of benzene rings is 1. The monoisotopic (exact) mass is 339 g/mol. The number of para-hydroxylation sites is 1. The lowest BCUT2D eigenvalue weighted by Crippen LogP contribution is -2.38. The number of urea groups is 1. The van der Waals surface area contributed by atoms with Gasteiger partial charge in [-0.1, -0.05) is 18.2 Å². The summed E-state index contributed by atoms with van der Waals surface area (Å²) >= 11 is 0. The van der Waals surface area contributed by atoms with Crippen molar-refractivity contribution in [1.82, 2.24) is 25.1 Å². The van der Waals surface area contributed by atoms with Crippen LogP contribution in [0.1, 0.15) is 24.8 Å². The van der Waals surface area contributed by atoms with Gasteiger partial charge in [0.25, 0.3) is 0 Å². The third-order valence-corrected chi connectivity index (χ3v) is 5.15. The Bertz CT molecular complexity index is 710. The minimum Gasteiger partial charge on any atom is -0.338 e. The molecule has 1 saturated heterocycles. The number of carbonyl (C=O) groups is 1. The maximum absolute atomic E-state index is 12.1. The summed E-state index contributed by atoms with van der Waals surface area (Å²) in [5, 5.41) is 6.01. The summed E-state index contributed by atoms with van der Waals surface area (Å²) in [5.41, 5.74) is 2.10. The molecule has 1 atom stereocenters. The van der Waals surface area contributed by atoms with Gasteiger partial charge in [-0.15, -0.1) is 0 Å². The largest absolute Gasteiger partial charge is 0.338 e. The fourth-order valence-electron chi connectivity index (χ4n) is 3.59. The predicted octanol–water partition coefficient (Wildman–Crippen LogP) is 2.16. The van der Waals surface area contributed by atoms with Crippen LogP contribution in [0.15, 0.2) is 43.0 Å². The van der Waals surface area contributed by atoms with E-state index in [4.69, 9.17) is 0 Å². The third-order valence-electron chi connectivity index (χ3n) is 5.15. The molecule has 2 N–H and O–H groups in total. The average molecular weight is 339 g/mol. The highest BCUT2D eigenvalue weighted by molar-refractivity contribution is 5.74. The molecule has 25 heavy (non-hydrogen) atoms. The first-order valence-electron chi connectivity index (χ1n) is 9.11. The number of hydrogen-bond donors (Lipinski definition) is 2. The van der Waals surface area contributed by atoms with Gasteiger partial charge in [0.2, 0.25) is 0 Å². The highest BCUT2D eigenvalue weighted by Gasteiger charge is 2.34. The van der Waals surface area contributed by atoms with Gasteiger partial charge in [0.15, 0.2) is 0 Å². The molecule has 1 aliphatic heterocycles. The van der Waals surface area contributed by atoms with Crippen molar-refractivity contribution in [2.75, 3.05) is 19.6 Å². The number of likely N-dealkylation sites (tertiary alicyclic amines) is 1. The van der Waals surface area contributed by atoms with Gasteiger partial charge in [0.05, 0.1) is 12.0 Å². The molecule has 4 rings (SSSR count). The second-order valence-electron chi connectivity index (χ2n) is 7.04. The molecule has 6 heteroatoms. The zero-order valence-electron chi connectivity index (χ0n) is 14.4. The van der Waals surface area contributed by atoms with Crippen LogP contribution in [0.25, 0.3) is 5.69 Å². The summed E-state index contributed by atoms with van der Waals surface area (Å²) in [6.07, 6.45) is 9.34. The van der Waals surface area contributed by atoms with Gasteiger partial charge in [-0.25, -0.2) is 9.78 Å². The molecule has 1 aromatic carbocycles. The molecule has 1 aromatic heterocycles. The number of nitrogens with one attached hydrogen (secondary N) is 2. The van der Waals surface area contributed by atoms with Gasteiger partial charge in [-0.05, 0) is 43.4 Å². The van der Waals surface area contributed by atoms with Crippen LogP contribution in [-0.2, 0) is 6.54 Å². The lowest BCUT2D eigenvalue weighted by molar-refractivity contribution is 0.238. The molecule has 2 amide bonds. The van der Waals surface area contributed by atoms with Crippen molar-refractivity contribution in [2.45, 2.75) is 31.8 Å². The summed E-state index contributed by atoms with van der Waals surface area (Å²) in [6, 6.07) is 8.77. The fourth-order valence-corrected chi connectivity index (χ4v) is 3.59. The lowest BCUT2D eigenvalue weighted by atomic mass is 10.1. The minimum atomic E-state index is -0.0923. The molecule has 2 fully saturated rings. The van der Waals surface area contributed by atoms with Crippen LogP contribution in [0.3, 0.4) is 0 Å². The zero-order valence-corrected chi connectivity index (χ0v) is 14.4. The van der Waals surface area contributed by atoms with Crippen LogP contribution in [0.4, 0.5) is 4.79 Å². The van der Waals surface area contributed by atoms with E-state index in [0.717, 1.165) is 30.4 Å². The molecule has 132 valence electrons. The first-order chi connectivity index (χ1) is 12.3. The van der Waals surface area contributed by atoms with E-state index >= 15 is 0 Å². The Morgan fingerprint density at radius 2 is 2.08 bits per heavy atom. The number of aromatic nitrogens is 2. The topological polar surface area (TPSA) is 62.2 Å².